The summed E-state index contributed by atoms with van der Waals surface area (Å²) < 4.78 is 2.06. The standard InChI is InChI=1S/C22H31N5O/c1-2-27-20-8-7-18(24-16-17-9-11-23-12-10-17)15-19(20)21(25-27)22(28)26-13-5-3-4-6-14-26/h9-12,18,24H,2-8,13-16H2,1H3. The SMILES string of the molecule is CCn1nc(C(=O)N2CCCCCC2)c2c1CCC(NCc1ccncc1)C2. The Balaban J connectivity index is 1.50. The number of pyridine rings is 1. The lowest BCUT2D eigenvalue weighted by molar-refractivity contribution is 0.0753. The van der Waals surface area contributed by atoms with Crippen molar-refractivity contribution in [1.29, 1.82) is 0 Å². The Kier molecular flexibility index (Phi) is 6.05. The Labute approximate surface area is 167 Å². The molecule has 6 heteroatoms. The fourth-order valence-electron chi connectivity index (χ4n) is 4.48. The molecule has 1 aliphatic carbocycles. The number of likely N-dealkylation sites (tertiary alicyclic amines) is 1. The van der Waals surface area contributed by atoms with Gasteiger partial charge in [0.1, 0.15) is 0 Å². The van der Waals surface area contributed by atoms with Crippen molar-refractivity contribution in [2.75, 3.05) is 13.1 Å². The van der Waals surface area contributed by atoms with E-state index >= 15 is 0 Å². The van der Waals surface area contributed by atoms with E-state index in [1.54, 1.807) is 0 Å². The number of hydrogen-bond acceptors (Lipinski definition) is 4. The maximum atomic E-state index is 13.3. The van der Waals surface area contributed by atoms with Crippen molar-refractivity contribution < 1.29 is 4.79 Å². The zero-order valence-corrected chi connectivity index (χ0v) is 16.9. The molecular formula is C22H31N5O. The fraction of sp³-hybridized carbons (Fsp3) is 0.591. The molecule has 28 heavy (non-hydrogen) atoms. The quantitative estimate of drug-likeness (QED) is 0.865. The number of nitrogens with one attached hydrogen (secondary N) is 1. The van der Waals surface area contributed by atoms with Gasteiger partial charge in [-0.3, -0.25) is 14.5 Å². The van der Waals surface area contributed by atoms with E-state index in [0.29, 0.717) is 11.7 Å². The number of hydrogen-bond donors (Lipinski definition) is 1. The molecule has 1 unspecified atom stereocenters. The Hall–Kier alpha value is -2.21. The van der Waals surface area contributed by atoms with Crippen molar-refractivity contribution in [3.05, 3.63) is 47.0 Å². The summed E-state index contributed by atoms with van der Waals surface area (Å²) in [6.07, 6.45) is 11.3. The molecule has 2 aromatic heterocycles. The lowest BCUT2D eigenvalue weighted by atomic mass is 9.91. The lowest BCUT2D eigenvalue weighted by Gasteiger charge is -2.25. The molecule has 2 aromatic rings. The van der Waals surface area contributed by atoms with E-state index in [1.165, 1.54) is 29.7 Å². The largest absolute Gasteiger partial charge is 0.337 e. The van der Waals surface area contributed by atoms with Crippen molar-refractivity contribution >= 4 is 5.91 Å². The van der Waals surface area contributed by atoms with Crippen molar-refractivity contribution in [1.82, 2.24) is 25.0 Å². The van der Waals surface area contributed by atoms with Crippen LogP contribution in [0.4, 0.5) is 0 Å². The molecule has 4 rings (SSSR count). The number of nitrogens with zero attached hydrogens (tertiary/aromatic N) is 4. The molecule has 0 spiro atoms. The van der Waals surface area contributed by atoms with Gasteiger partial charge in [-0.05, 0) is 56.7 Å². The number of amides is 1. The molecular weight excluding hydrogens is 350 g/mol. The summed E-state index contributed by atoms with van der Waals surface area (Å²) in [6.45, 7) is 5.51. The highest BCUT2D eigenvalue weighted by Gasteiger charge is 2.30. The smallest absolute Gasteiger partial charge is 0.274 e. The molecule has 0 aromatic carbocycles. The summed E-state index contributed by atoms with van der Waals surface area (Å²) in [7, 11) is 0. The van der Waals surface area contributed by atoms with Gasteiger partial charge in [0.15, 0.2) is 5.69 Å². The Morgan fingerprint density at radius 1 is 1.18 bits per heavy atom. The number of aromatic nitrogens is 3. The Morgan fingerprint density at radius 3 is 2.64 bits per heavy atom. The van der Waals surface area contributed by atoms with Gasteiger partial charge in [-0.25, -0.2) is 0 Å². The third kappa shape index (κ3) is 4.12. The minimum atomic E-state index is 0.139. The second-order valence-electron chi connectivity index (χ2n) is 7.97. The highest BCUT2D eigenvalue weighted by atomic mass is 16.2. The fourth-order valence-corrected chi connectivity index (χ4v) is 4.48. The zero-order chi connectivity index (χ0) is 19.3. The van der Waals surface area contributed by atoms with E-state index < -0.39 is 0 Å². The summed E-state index contributed by atoms with van der Waals surface area (Å²) in [4.78, 5) is 19.4. The van der Waals surface area contributed by atoms with Gasteiger partial charge < -0.3 is 10.2 Å². The first-order valence-electron chi connectivity index (χ1n) is 10.8. The summed E-state index contributed by atoms with van der Waals surface area (Å²) in [5.41, 5.74) is 4.39. The van der Waals surface area contributed by atoms with E-state index in [2.05, 4.69) is 21.9 Å². The van der Waals surface area contributed by atoms with Gasteiger partial charge in [-0.1, -0.05) is 12.8 Å². The monoisotopic (exact) mass is 381 g/mol. The van der Waals surface area contributed by atoms with Crippen LogP contribution < -0.4 is 5.32 Å². The van der Waals surface area contributed by atoms with Crippen LogP contribution in [0.5, 0.6) is 0 Å². The first kappa shape index (κ1) is 19.1. The summed E-state index contributed by atoms with van der Waals surface area (Å²) in [6, 6.07) is 4.47. The molecule has 1 amide bonds. The summed E-state index contributed by atoms with van der Waals surface area (Å²) in [5, 5.41) is 8.43. The normalized spacial score (nSPS) is 19.9. The van der Waals surface area contributed by atoms with E-state index in [-0.39, 0.29) is 5.91 Å². The van der Waals surface area contributed by atoms with Gasteiger partial charge in [0, 0.05) is 55.9 Å². The Morgan fingerprint density at radius 2 is 1.93 bits per heavy atom. The third-order valence-corrected chi connectivity index (χ3v) is 6.09. The molecule has 6 nitrogen and oxygen atoms in total. The molecule has 2 aliphatic rings. The average Bonchev–Trinajstić information content (AvgIpc) is 2.90. The maximum Gasteiger partial charge on any atom is 0.274 e. The predicted octanol–water partition coefficient (Wildman–Crippen LogP) is 2.96. The van der Waals surface area contributed by atoms with Gasteiger partial charge in [0.25, 0.3) is 5.91 Å². The van der Waals surface area contributed by atoms with E-state index in [0.717, 1.165) is 58.3 Å². The van der Waals surface area contributed by atoms with E-state index in [9.17, 15) is 4.79 Å². The van der Waals surface area contributed by atoms with Crippen LogP contribution in [0.2, 0.25) is 0 Å². The van der Waals surface area contributed by atoms with Crippen LogP contribution in [-0.2, 0) is 25.9 Å². The van der Waals surface area contributed by atoms with Crippen molar-refractivity contribution in [2.24, 2.45) is 0 Å². The molecule has 0 radical (unpaired) electrons. The first-order valence-corrected chi connectivity index (χ1v) is 10.8. The van der Waals surface area contributed by atoms with Crippen LogP contribution in [-0.4, -0.2) is 44.7 Å². The topological polar surface area (TPSA) is 63.1 Å². The van der Waals surface area contributed by atoms with E-state index in [4.69, 9.17) is 5.10 Å². The Bertz CT molecular complexity index is 793. The summed E-state index contributed by atoms with van der Waals surface area (Å²) in [5.74, 6) is 0.139. The molecule has 3 heterocycles. The molecule has 1 aliphatic heterocycles. The minimum Gasteiger partial charge on any atom is -0.337 e. The van der Waals surface area contributed by atoms with Crippen LogP contribution in [0.15, 0.2) is 24.5 Å². The van der Waals surface area contributed by atoms with E-state index in [1.807, 2.05) is 29.4 Å². The number of carbonyl (C=O) groups is 1. The van der Waals surface area contributed by atoms with Crippen LogP contribution in [0, 0.1) is 0 Å². The van der Waals surface area contributed by atoms with Crippen LogP contribution in [0.3, 0.4) is 0 Å². The van der Waals surface area contributed by atoms with Crippen LogP contribution in [0.1, 0.15) is 66.3 Å². The molecule has 0 bridgehead atoms. The molecule has 150 valence electrons. The third-order valence-electron chi connectivity index (χ3n) is 6.09. The highest BCUT2D eigenvalue weighted by Crippen LogP contribution is 2.27. The van der Waals surface area contributed by atoms with Gasteiger partial charge in [-0.15, -0.1) is 0 Å². The minimum absolute atomic E-state index is 0.139. The van der Waals surface area contributed by atoms with Gasteiger partial charge >= 0.3 is 0 Å². The molecule has 1 atom stereocenters. The van der Waals surface area contributed by atoms with Crippen molar-refractivity contribution in [3.8, 4) is 0 Å². The highest BCUT2D eigenvalue weighted by molar-refractivity contribution is 5.94. The number of carbonyl (C=O) groups excluding carboxylic acids is 1. The number of rotatable bonds is 5. The zero-order valence-electron chi connectivity index (χ0n) is 16.9. The molecule has 1 fully saturated rings. The van der Waals surface area contributed by atoms with Crippen LogP contribution >= 0.6 is 0 Å². The van der Waals surface area contributed by atoms with Crippen LogP contribution in [0.25, 0.3) is 0 Å². The van der Waals surface area contributed by atoms with Gasteiger partial charge in [-0.2, -0.15) is 5.10 Å². The van der Waals surface area contributed by atoms with Gasteiger partial charge in [0.05, 0.1) is 0 Å². The lowest BCUT2D eigenvalue weighted by Crippen LogP contribution is -2.36. The summed E-state index contributed by atoms with van der Waals surface area (Å²) >= 11 is 0. The second-order valence-corrected chi connectivity index (χ2v) is 7.97. The van der Waals surface area contributed by atoms with Crippen molar-refractivity contribution in [2.45, 2.75) is 71.0 Å². The van der Waals surface area contributed by atoms with Crippen molar-refractivity contribution in [3.63, 3.8) is 0 Å². The van der Waals surface area contributed by atoms with Gasteiger partial charge in [0.2, 0.25) is 0 Å². The maximum absolute atomic E-state index is 13.3. The average molecular weight is 382 g/mol. The molecule has 1 saturated heterocycles. The molecule has 1 N–H and O–H groups in total. The predicted molar refractivity (Wildman–Crippen MR) is 109 cm³/mol. The number of aryl methyl sites for hydroxylation is 1. The second kappa shape index (κ2) is 8.86. The first-order chi connectivity index (χ1) is 13.8. The molecule has 0 saturated carbocycles. The number of fused-ring (bicyclic) bond motifs is 1.